The highest BCUT2D eigenvalue weighted by Gasteiger charge is 2.06. The fourth-order valence-corrected chi connectivity index (χ4v) is 2.14. The van der Waals surface area contributed by atoms with Gasteiger partial charge in [-0.05, 0) is 0 Å². The molecular weight excluding hydrogens is 246 g/mol. The van der Waals surface area contributed by atoms with Crippen LogP contribution in [-0.2, 0) is 0 Å². The summed E-state index contributed by atoms with van der Waals surface area (Å²) in [4.78, 5) is 4.74. The van der Waals surface area contributed by atoms with Crippen molar-refractivity contribution in [3.8, 4) is 28.3 Å². The molecule has 0 aliphatic carbocycles. The zero-order valence-corrected chi connectivity index (χ0v) is 11.3. The van der Waals surface area contributed by atoms with Crippen molar-refractivity contribution in [2.24, 2.45) is 0 Å². The van der Waals surface area contributed by atoms with Crippen LogP contribution >= 0.6 is 0 Å². The van der Waals surface area contributed by atoms with E-state index in [1.54, 1.807) is 7.11 Å². The Morgan fingerprint density at radius 1 is 0.700 bits per heavy atom. The highest BCUT2D eigenvalue weighted by atomic mass is 16.5. The average molecular weight is 261 g/mol. The molecule has 0 saturated heterocycles. The standard InChI is InChI=1S/C18H15NO/c1-20-16-12-17(14-8-4-2-5-9-14)19-18(13-16)15-10-6-3-7-11-15/h2-13H,1H3. The molecule has 0 aliphatic rings. The molecule has 2 nitrogen and oxygen atoms in total. The Morgan fingerprint density at radius 2 is 1.15 bits per heavy atom. The summed E-state index contributed by atoms with van der Waals surface area (Å²) in [6.45, 7) is 0. The van der Waals surface area contributed by atoms with Gasteiger partial charge in [-0.15, -0.1) is 0 Å². The van der Waals surface area contributed by atoms with Gasteiger partial charge < -0.3 is 4.74 Å². The van der Waals surface area contributed by atoms with Gasteiger partial charge in [0.05, 0.1) is 18.5 Å². The maximum atomic E-state index is 5.40. The first-order chi connectivity index (χ1) is 9.86. The van der Waals surface area contributed by atoms with Gasteiger partial charge in [0.1, 0.15) is 5.75 Å². The number of benzene rings is 2. The SMILES string of the molecule is COc1cc(-c2ccccc2)nc(-c2ccccc2)c1. The minimum atomic E-state index is 0.817. The van der Waals surface area contributed by atoms with E-state index < -0.39 is 0 Å². The van der Waals surface area contributed by atoms with Crippen LogP contribution in [0.15, 0.2) is 72.8 Å². The predicted molar refractivity (Wildman–Crippen MR) is 81.7 cm³/mol. The third-order valence-electron chi connectivity index (χ3n) is 3.17. The number of hydrogen-bond acceptors (Lipinski definition) is 2. The van der Waals surface area contributed by atoms with Crippen LogP contribution in [0.4, 0.5) is 0 Å². The van der Waals surface area contributed by atoms with Gasteiger partial charge in [-0.2, -0.15) is 0 Å². The third-order valence-corrected chi connectivity index (χ3v) is 3.17. The number of aromatic nitrogens is 1. The molecule has 20 heavy (non-hydrogen) atoms. The fourth-order valence-electron chi connectivity index (χ4n) is 2.14. The molecule has 0 bridgehead atoms. The van der Waals surface area contributed by atoms with Crippen molar-refractivity contribution in [2.45, 2.75) is 0 Å². The molecule has 0 N–H and O–H groups in total. The summed E-state index contributed by atoms with van der Waals surface area (Å²) in [6, 6.07) is 24.2. The molecule has 1 heterocycles. The Bertz CT molecular complexity index is 635. The quantitative estimate of drug-likeness (QED) is 0.696. The minimum absolute atomic E-state index is 0.817. The van der Waals surface area contributed by atoms with Crippen molar-refractivity contribution < 1.29 is 4.74 Å². The van der Waals surface area contributed by atoms with Crippen molar-refractivity contribution in [3.63, 3.8) is 0 Å². The molecule has 0 unspecified atom stereocenters. The number of ether oxygens (including phenoxy) is 1. The highest BCUT2D eigenvalue weighted by Crippen LogP contribution is 2.27. The Morgan fingerprint density at radius 3 is 1.55 bits per heavy atom. The predicted octanol–water partition coefficient (Wildman–Crippen LogP) is 4.42. The number of methoxy groups -OCH3 is 1. The zero-order chi connectivity index (χ0) is 13.8. The van der Waals surface area contributed by atoms with Crippen LogP contribution in [0.5, 0.6) is 5.75 Å². The Labute approximate surface area is 118 Å². The molecule has 0 atom stereocenters. The van der Waals surface area contributed by atoms with E-state index in [0.717, 1.165) is 28.3 Å². The largest absolute Gasteiger partial charge is 0.497 e. The first kappa shape index (κ1) is 12.4. The summed E-state index contributed by atoms with van der Waals surface area (Å²) in [5, 5.41) is 0. The molecule has 0 amide bonds. The molecule has 3 rings (SSSR count). The van der Waals surface area contributed by atoms with Crippen LogP contribution in [0.25, 0.3) is 22.5 Å². The van der Waals surface area contributed by atoms with Gasteiger partial charge in [0.25, 0.3) is 0 Å². The average Bonchev–Trinajstić information content (AvgIpc) is 2.56. The maximum absolute atomic E-state index is 5.40. The lowest BCUT2D eigenvalue weighted by atomic mass is 10.1. The summed E-state index contributed by atoms with van der Waals surface area (Å²) in [6.07, 6.45) is 0. The van der Waals surface area contributed by atoms with E-state index in [1.165, 1.54) is 0 Å². The summed E-state index contributed by atoms with van der Waals surface area (Å²) < 4.78 is 5.40. The summed E-state index contributed by atoms with van der Waals surface area (Å²) in [5.74, 6) is 0.817. The summed E-state index contributed by atoms with van der Waals surface area (Å²) >= 11 is 0. The molecule has 0 aliphatic heterocycles. The van der Waals surface area contributed by atoms with E-state index in [0.29, 0.717) is 0 Å². The third kappa shape index (κ3) is 2.54. The second-order valence-corrected chi connectivity index (χ2v) is 4.51. The normalized spacial score (nSPS) is 10.2. The van der Waals surface area contributed by atoms with Crippen LogP contribution in [0, 0.1) is 0 Å². The second kappa shape index (κ2) is 5.57. The first-order valence-electron chi connectivity index (χ1n) is 6.54. The lowest BCUT2D eigenvalue weighted by Gasteiger charge is -2.08. The van der Waals surface area contributed by atoms with Gasteiger partial charge >= 0.3 is 0 Å². The van der Waals surface area contributed by atoms with Crippen molar-refractivity contribution in [2.75, 3.05) is 7.11 Å². The van der Waals surface area contributed by atoms with Crippen LogP contribution in [0.3, 0.4) is 0 Å². The molecular formula is C18H15NO. The van der Waals surface area contributed by atoms with Gasteiger partial charge in [0, 0.05) is 23.3 Å². The van der Waals surface area contributed by atoms with Crippen LogP contribution in [-0.4, -0.2) is 12.1 Å². The molecule has 3 aromatic rings. The Balaban J connectivity index is 2.13. The van der Waals surface area contributed by atoms with Gasteiger partial charge in [0.2, 0.25) is 0 Å². The van der Waals surface area contributed by atoms with Crippen molar-refractivity contribution >= 4 is 0 Å². The topological polar surface area (TPSA) is 22.1 Å². The Hall–Kier alpha value is -2.61. The van der Waals surface area contributed by atoms with Gasteiger partial charge in [-0.1, -0.05) is 60.7 Å². The van der Waals surface area contributed by atoms with Crippen LogP contribution in [0.2, 0.25) is 0 Å². The number of pyridine rings is 1. The number of rotatable bonds is 3. The van der Waals surface area contributed by atoms with Gasteiger partial charge in [0.15, 0.2) is 0 Å². The smallest absolute Gasteiger partial charge is 0.123 e. The summed E-state index contributed by atoms with van der Waals surface area (Å²) in [5.41, 5.74) is 4.01. The molecule has 2 aromatic carbocycles. The van der Waals surface area contributed by atoms with E-state index in [4.69, 9.17) is 9.72 Å². The van der Waals surface area contributed by atoms with E-state index >= 15 is 0 Å². The fraction of sp³-hybridized carbons (Fsp3) is 0.0556. The van der Waals surface area contributed by atoms with Crippen molar-refractivity contribution in [1.82, 2.24) is 4.98 Å². The monoisotopic (exact) mass is 261 g/mol. The van der Waals surface area contributed by atoms with Crippen molar-refractivity contribution in [3.05, 3.63) is 72.8 Å². The molecule has 2 heteroatoms. The molecule has 98 valence electrons. The number of nitrogens with zero attached hydrogens (tertiary/aromatic N) is 1. The molecule has 0 spiro atoms. The van der Waals surface area contributed by atoms with Gasteiger partial charge in [-0.3, -0.25) is 0 Å². The number of hydrogen-bond donors (Lipinski definition) is 0. The van der Waals surface area contributed by atoms with Crippen molar-refractivity contribution in [1.29, 1.82) is 0 Å². The van der Waals surface area contributed by atoms with E-state index in [9.17, 15) is 0 Å². The van der Waals surface area contributed by atoms with E-state index in [1.807, 2.05) is 48.5 Å². The van der Waals surface area contributed by atoms with Crippen LogP contribution in [0.1, 0.15) is 0 Å². The summed E-state index contributed by atoms with van der Waals surface area (Å²) in [7, 11) is 1.68. The minimum Gasteiger partial charge on any atom is -0.497 e. The second-order valence-electron chi connectivity index (χ2n) is 4.51. The van der Waals surface area contributed by atoms with E-state index in [2.05, 4.69) is 24.3 Å². The zero-order valence-electron chi connectivity index (χ0n) is 11.3. The molecule has 1 aromatic heterocycles. The maximum Gasteiger partial charge on any atom is 0.123 e. The lowest BCUT2D eigenvalue weighted by Crippen LogP contribution is -1.91. The van der Waals surface area contributed by atoms with E-state index in [-0.39, 0.29) is 0 Å². The molecule has 0 fully saturated rings. The highest BCUT2D eigenvalue weighted by molar-refractivity contribution is 5.68. The first-order valence-corrected chi connectivity index (χ1v) is 6.54. The molecule has 0 radical (unpaired) electrons. The van der Waals surface area contributed by atoms with Gasteiger partial charge in [-0.25, -0.2) is 4.98 Å². The molecule has 0 saturated carbocycles. The lowest BCUT2D eigenvalue weighted by molar-refractivity contribution is 0.414. The Kier molecular flexibility index (Phi) is 3.46. The van der Waals surface area contributed by atoms with Crippen LogP contribution < -0.4 is 4.74 Å².